The molecule has 0 saturated carbocycles. The van der Waals surface area contributed by atoms with E-state index in [0.29, 0.717) is 24.6 Å². The average Bonchev–Trinajstić information content (AvgIpc) is 1.97. The van der Waals surface area contributed by atoms with Gasteiger partial charge in [0, 0.05) is 11.8 Å². The molecule has 11 heavy (non-hydrogen) atoms. The Morgan fingerprint density at radius 3 is 2.64 bits per heavy atom. The molecule has 0 heterocycles. The van der Waals surface area contributed by atoms with E-state index in [4.69, 9.17) is 5.11 Å². The zero-order valence-electron chi connectivity index (χ0n) is 6.22. The molecule has 0 aliphatic heterocycles. The number of aliphatic carboxylic acids is 1. The molecular formula is C7H12BrFO2. The zero-order valence-corrected chi connectivity index (χ0v) is 7.81. The molecule has 1 N–H and O–H groups in total. The van der Waals surface area contributed by atoms with Crippen LogP contribution in [0.2, 0.25) is 0 Å². The lowest BCUT2D eigenvalue weighted by molar-refractivity contribution is -0.137. The lowest BCUT2D eigenvalue weighted by Crippen LogP contribution is -2.01. The van der Waals surface area contributed by atoms with Crippen molar-refractivity contribution in [2.24, 2.45) is 0 Å². The second-order valence-corrected chi connectivity index (χ2v) is 3.04. The molecule has 0 spiro atoms. The molecule has 0 amide bonds. The number of carboxylic acid groups (broad SMARTS) is 1. The van der Waals surface area contributed by atoms with Crippen LogP contribution >= 0.6 is 15.9 Å². The molecule has 0 bridgehead atoms. The van der Waals surface area contributed by atoms with E-state index in [-0.39, 0.29) is 6.42 Å². The van der Waals surface area contributed by atoms with Crippen LogP contribution in [0, 0.1) is 0 Å². The van der Waals surface area contributed by atoms with Crippen LogP contribution in [-0.4, -0.2) is 22.6 Å². The number of hydrogen-bond donors (Lipinski definition) is 1. The molecule has 2 nitrogen and oxygen atoms in total. The average molecular weight is 227 g/mol. The van der Waals surface area contributed by atoms with Gasteiger partial charge in [0.1, 0.15) is 6.17 Å². The Labute approximate surface area is 73.9 Å². The number of unbranched alkanes of at least 4 members (excludes halogenated alkanes) is 1. The molecule has 1 atom stereocenters. The van der Waals surface area contributed by atoms with Crippen molar-refractivity contribution in [1.82, 2.24) is 0 Å². The molecule has 0 aliphatic rings. The van der Waals surface area contributed by atoms with E-state index >= 15 is 0 Å². The molecule has 0 aromatic rings. The standard InChI is InChI=1S/C7H12BrFO2/c8-5-6(9)3-1-2-4-7(10)11/h6H,1-5H2,(H,10,11)/t6-/m1/s1. The first-order valence-electron chi connectivity index (χ1n) is 3.58. The van der Waals surface area contributed by atoms with Gasteiger partial charge in [-0.05, 0) is 19.3 Å². The highest BCUT2D eigenvalue weighted by atomic mass is 79.9. The van der Waals surface area contributed by atoms with Gasteiger partial charge in [-0.2, -0.15) is 0 Å². The molecule has 0 unspecified atom stereocenters. The number of carboxylic acids is 1. The highest BCUT2D eigenvalue weighted by Gasteiger charge is 2.03. The fourth-order valence-electron chi connectivity index (χ4n) is 0.719. The minimum absolute atomic E-state index is 0.148. The minimum Gasteiger partial charge on any atom is -0.481 e. The van der Waals surface area contributed by atoms with Gasteiger partial charge >= 0.3 is 5.97 Å². The van der Waals surface area contributed by atoms with Crippen molar-refractivity contribution in [3.8, 4) is 0 Å². The lowest BCUT2D eigenvalue weighted by atomic mass is 10.1. The summed E-state index contributed by atoms with van der Waals surface area (Å²) in [5.41, 5.74) is 0. The third-order valence-corrected chi connectivity index (χ3v) is 2.03. The smallest absolute Gasteiger partial charge is 0.303 e. The van der Waals surface area contributed by atoms with Crippen molar-refractivity contribution in [1.29, 1.82) is 0 Å². The van der Waals surface area contributed by atoms with Crippen LogP contribution < -0.4 is 0 Å². The summed E-state index contributed by atoms with van der Waals surface area (Å²) in [4.78, 5) is 10.0. The molecule has 0 aromatic heterocycles. The predicted octanol–water partition coefficient (Wildman–Crippen LogP) is 2.36. The van der Waals surface area contributed by atoms with Crippen LogP contribution in [0.4, 0.5) is 4.39 Å². The van der Waals surface area contributed by atoms with Gasteiger partial charge in [0.05, 0.1) is 0 Å². The Morgan fingerprint density at radius 2 is 2.18 bits per heavy atom. The van der Waals surface area contributed by atoms with Crippen LogP contribution in [0.3, 0.4) is 0 Å². The Bertz CT molecular complexity index is 119. The lowest BCUT2D eigenvalue weighted by Gasteiger charge is -2.01. The first-order chi connectivity index (χ1) is 5.16. The van der Waals surface area contributed by atoms with E-state index in [1.54, 1.807) is 0 Å². The third-order valence-electron chi connectivity index (χ3n) is 1.33. The normalized spacial score (nSPS) is 12.9. The van der Waals surface area contributed by atoms with Gasteiger partial charge in [0.15, 0.2) is 0 Å². The summed E-state index contributed by atoms with van der Waals surface area (Å²) in [7, 11) is 0. The Balaban J connectivity index is 3.08. The van der Waals surface area contributed by atoms with Crippen LogP contribution in [0.25, 0.3) is 0 Å². The highest BCUT2D eigenvalue weighted by molar-refractivity contribution is 9.09. The largest absolute Gasteiger partial charge is 0.481 e. The summed E-state index contributed by atoms with van der Waals surface area (Å²) in [5.74, 6) is -0.806. The molecule has 0 rings (SSSR count). The summed E-state index contributed by atoms with van der Waals surface area (Å²) >= 11 is 3.00. The monoisotopic (exact) mass is 226 g/mol. The van der Waals surface area contributed by atoms with Crippen LogP contribution in [0.5, 0.6) is 0 Å². The topological polar surface area (TPSA) is 37.3 Å². The third kappa shape index (κ3) is 7.78. The van der Waals surface area contributed by atoms with Gasteiger partial charge in [-0.25, -0.2) is 4.39 Å². The summed E-state index contributed by atoms with van der Waals surface area (Å²) in [6.07, 6.45) is 0.999. The summed E-state index contributed by atoms with van der Waals surface area (Å²) in [5, 5.41) is 8.58. The highest BCUT2D eigenvalue weighted by Crippen LogP contribution is 2.08. The van der Waals surface area contributed by atoms with Gasteiger partial charge < -0.3 is 5.11 Å². The zero-order chi connectivity index (χ0) is 8.69. The second kappa shape index (κ2) is 6.58. The Morgan fingerprint density at radius 1 is 1.55 bits per heavy atom. The van der Waals surface area contributed by atoms with Crippen LogP contribution in [-0.2, 0) is 4.79 Å². The number of hydrogen-bond acceptors (Lipinski definition) is 1. The van der Waals surface area contributed by atoms with Gasteiger partial charge in [-0.1, -0.05) is 15.9 Å². The number of rotatable bonds is 6. The molecule has 0 aliphatic carbocycles. The van der Waals surface area contributed by atoms with Crippen molar-refractivity contribution >= 4 is 21.9 Å². The Kier molecular flexibility index (Phi) is 6.51. The fraction of sp³-hybridized carbons (Fsp3) is 0.857. The number of halogens is 2. The molecule has 4 heteroatoms. The van der Waals surface area contributed by atoms with Crippen molar-refractivity contribution < 1.29 is 14.3 Å². The van der Waals surface area contributed by atoms with Gasteiger partial charge in [0.2, 0.25) is 0 Å². The first kappa shape index (κ1) is 10.9. The molecule has 66 valence electrons. The SMILES string of the molecule is O=C(O)CCCC[C@@H](F)CBr. The molecule has 0 aromatic carbocycles. The van der Waals surface area contributed by atoms with Crippen molar-refractivity contribution in [2.45, 2.75) is 31.9 Å². The van der Waals surface area contributed by atoms with E-state index in [1.165, 1.54) is 0 Å². The van der Waals surface area contributed by atoms with Crippen molar-refractivity contribution in [2.75, 3.05) is 5.33 Å². The number of alkyl halides is 2. The quantitative estimate of drug-likeness (QED) is 0.558. The maximum absolute atomic E-state index is 12.5. The minimum atomic E-state index is -0.830. The van der Waals surface area contributed by atoms with E-state index in [0.717, 1.165) is 0 Å². The fourth-order valence-corrected chi connectivity index (χ4v) is 1.04. The maximum Gasteiger partial charge on any atom is 0.303 e. The van der Waals surface area contributed by atoms with Crippen molar-refractivity contribution in [3.05, 3.63) is 0 Å². The van der Waals surface area contributed by atoms with E-state index in [1.807, 2.05) is 0 Å². The summed E-state index contributed by atoms with van der Waals surface area (Å²) in [6.45, 7) is 0. The summed E-state index contributed by atoms with van der Waals surface area (Å²) < 4.78 is 12.5. The maximum atomic E-state index is 12.5. The second-order valence-electron chi connectivity index (χ2n) is 2.39. The Hall–Kier alpha value is -0.120. The van der Waals surface area contributed by atoms with E-state index in [9.17, 15) is 9.18 Å². The van der Waals surface area contributed by atoms with E-state index < -0.39 is 12.1 Å². The van der Waals surface area contributed by atoms with E-state index in [2.05, 4.69) is 15.9 Å². The van der Waals surface area contributed by atoms with Crippen LogP contribution in [0.1, 0.15) is 25.7 Å². The molecular weight excluding hydrogens is 215 g/mol. The predicted molar refractivity (Wildman–Crippen MR) is 44.8 cm³/mol. The summed E-state index contributed by atoms with van der Waals surface area (Å²) in [6, 6.07) is 0. The van der Waals surface area contributed by atoms with Gasteiger partial charge in [-0.3, -0.25) is 4.79 Å². The first-order valence-corrected chi connectivity index (χ1v) is 4.70. The molecule has 0 saturated heterocycles. The molecule has 0 radical (unpaired) electrons. The van der Waals surface area contributed by atoms with Crippen molar-refractivity contribution in [3.63, 3.8) is 0 Å². The van der Waals surface area contributed by atoms with Crippen LogP contribution in [0.15, 0.2) is 0 Å². The van der Waals surface area contributed by atoms with Gasteiger partial charge in [0.25, 0.3) is 0 Å². The number of carbonyl (C=O) groups is 1. The van der Waals surface area contributed by atoms with Gasteiger partial charge in [-0.15, -0.1) is 0 Å². The molecule has 0 fully saturated rings.